The minimum Gasteiger partial charge on any atom is -0.453 e. The van der Waals surface area contributed by atoms with Gasteiger partial charge in [-0.1, -0.05) is 107 Å². The number of aromatic nitrogens is 4. The first kappa shape index (κ1) is 41.5. The Morgan fingerprint density at radius 2 is 1.25 bits per heavy atom. The van der Waals surface area contributed by atoms with Gasteiger partial charge in [0.15, 0.2) is 0 Å². The second-order valence-corrected chi connectivity index (χ2v) is 16.5. The molecule has 4 aromatic carbocycles. The molecular formula is C49H56N8O4. The quantitative estimate of drug-likeness (QED) is 0.106. The Hall–Kier alpha value is -6.27. The molecule has 61 heavy (non-hydrogen) atoms. The molecule has 0 radical (unpaired) electrons. The van der Waals surface area contributed by atoms with E-state index in [4.69, 9.17) is 14.7 Å². The van der Waals surface area contributed by atoms with Gasteiger partial charge in [-0.2, -0.15) is 0 Å². The molecule has 0 spiro atoms. The maximum absolute atomic E-state index is 14.3. The van der Waals surface area contributed by atoms with Gasteiger partial charge in [0.05, 0.1) is 43.0 Å². The number of nitrogens with zero attached hydrogens (tertiary/aromatic N) is 5. The zero-order valence-corrected chi connectivity index (χ0v) is 35.7. The fourth-order valence-electron chi connectivity index (χ4n) is 9.14. The highest BCUT2D eigenvalue weighted by atomic mass is 16.5. The summed E-state index contributed by atoms with van der Waals surface area (Å²) in [5.41, 5.74) is 7.12. The van der Waals surface area contributed by atoms with E-state index in [1.54, 1.807) is 0 Å². The number of carbonyl (C=O) groups is 3. The van der Waals surface area contributed by atoms with E-state index >= 15 is 0 Å². The molecule has 12 nitrogen and oxygen atoms in total. The van der Waals surface area contributed by atoms with Crippen LogP contribution in [0.5, 0.6) is 0 Å². The summed E-state index contributed by atoms with van der Waals surface area (Å²) < 4.78 is 4.78. The van der Waals surface area contributed by atoms with Crippen LogP contribution >= 0.6 is 0 Å². The summed E-state index contributed by atoms with van der Waals surface area (Å²) in [5.74, 6) is 1.48. The van der Waals surface area contributed by atoms with Crippen LogP contribution in [-0.2, 0) is 14.3 Å². The summed E-state index contributed by atoms with van der Waals surface area (Å²) in [4.78, 5) is 62.6. The Balaban J connectivity index is 0.946. The van der Waals surface area contributed by atoms with E-state index in [0.717, 1.165) is 107 Å². The summed E-state index contributed by atoms with van der Waals surface area (Å²) >= 11 is 0. The van der Waals surface area contributed by atoms with Gasteiger partial charge in [0.2, 0.25) is 11.8 Å². The number of nitrogens with one attached hydrogen (secondary N) is 3. The number of benzene rings is 4. The van der Waals surface area contributed by atoms with Gasteiger partial charge in [-0.15, -0.1) is 0 Å². The molecule has 2 aliphatic heterocycles. The molecule has 6 aromatic rings. The van der Waals surface area contributed by atoms with E-state index in [9.17, 15) is 14.4 Å². The van der Waals surface area contributed by atoms with Crippen molar-refractivity contribution in [3.63, 3.8) is 0 Å². The third kappa shape index (κ3) is 8.54. The molecule has 12 heteroatoms. The predicted molar refractivity (Wildman–Crippen MR) is 238 cm³/mol. The van der Waals surface area contributed by atoms with Gasteiger partial charge in [0, 0.05) is 18.7 Å². The lowest BCUT2D eigenvalue weighted by Crippen LogP contribution is -2.51. The molecule has 3 unspecified atom stereocenters. The van der Waals surface area contributed by atoms with Crippen molar-refractivity contribution in [2.45, 2.75) is 77.5 Å². The Labute approximate surface area is 357 Å². The highest BCUT2D eigenvalue weighted by molar-refractivity contribution is 5.91. The van der Waals surface area contributed by atoms with Crippen LogP contribution in [0.4, 0.5) is 4.79 Å². The van der Waals surface area contributed by atoms with Crippen LogP contribution in [0.25, 0.3) is 44.4 Å². The van der Waals surface area contributed by atoms with E-state index in [-0.39, 0.29) is 35.9 Å². The highest BCUT2D eigenvalue weighted by Crippen LogP contribution is 2.37. The van der Waals surface area contributed by atoms with Gasteiger partial charge < -0.3 is 29.8 Å². The van der Waals surface area contributed by atoms with Crippen LogP contribution in [-0.4, -0.2) is 91.9 Å². The predicted octanol–water partition coefficient (Wildman–Crippen LogP) is 9.08. The van der Waals surface area contributed by atoms with Crippen molar-refractivity contribution in [2.24, 2.45) is 5.92 Å². The molecule has 2 aliphatic rings. The second-order valence-electron chi connectivity index (χ2n) is 16.5. The molecule has 316 valence electrons. The monoisotopic (exact) mass is 820 g/mol. The Morgan fingerprint density at radius 3 is 1.82 bits per heavy atom. The third-order valence-electron chi connectivity index (χ3n) is 12.5. The first-order valence-corrected chi connectivity index (χ1v) is 21.7. The maximum atomic E-state index is 14.3. The number of imidazole rings is 2. The minimum absolute atomic E-state index is 0.0927. The number of hydrogen-bond acceptors (Lipinski definition) is 7. The van der Waals surface area contributed by atoms with E-state index < -0.39 is 12.1 Å². The zero-order chi connectivity index (χ0) is 42.6. The van der Waals surface area contributed by atoms with Gasteiger partial charge in [0.25, 0.3) is 0 Å². The number of rotatable bonds is 13. The standard InChI is InChI=1S/C49H56N8O4/c1-6-55(7-2)44(34-13-9-8-10-14-34)48(59)57-26-12-16-42(57)46-50-29-39(52-46)33-19-17-32(18-20-33)35-21-22-37-28-38(24-23-36(37)27-35)40-30-51-45(53-40)41-15-11-25-56(41)47(58)43(31(3)4)54-49(60)61-5/h8-10,13-14,17-24,27-31,41-44H,6-7,11-12,15-16,25-26H2,1-5H3,(H,50,52)(H,51,53)(H,54,60)/t41?,42?,43-,44?/m0/s1. The van der Waals surface area contributed by atoms with E-state index in [1.165, 1.54) is 7.11 Å². The third-order valence-corrected chi connectivity index (χ3v) is 12.5. The number of carbonyl (C=O) groups excluding carboxylic acids is 3. The largest absolute Gasteiger partial charge is 0.453 e. The van der Waals surface area contributed by atoms with Gasteiger partial charge in [-0.3, -0.25) is 14.5 Å². The van der Waals surface area contributed by atoms with Crippen molar-refractivity contribution in [3.05, 3.63) is 121 Å². The minimum atomic E-state index is -0.681. The van der Waals surface area contributed by atoms with Crippen LogP contribution in [0.1, 0.15) is 88.7 Å². The average Bonchev–Trinajstić information content (AvgIpc) is 4.14. The Kier molecular flexibility index (Phi) is 12.3. The topological polar surface area (TPSA) is 140 Å². The molecule has 4 heterocycles. The van der Waals surface area contributed by atoms with Crippen molar-refractivity contribution in [3.8, 4) is 33.6 Å². The van der Waals surface area contributed by atoms with Crippen molar-refractivity contribution >= 4 is 28.7 Å². The van der Waals surface area contributed by atoms with Crippen LogP contribution in [0.3, 0.4) is 0 Å². The molecule has 0 bridgehead atoms. The zero-order valence-electron chi connectivity index (χ0n) is 35.7. The molecule has 2 saturated heterocycles. The smallest absolute Gasteiger partial charge is 0.407 e. The van der Waals surface area contributed by atoms with Gasteiger partial charge >= 0.3 is 6.09 Å². The summed E-state index contributed by atoms with van der Waals surface area (Å²) in [6.45, 7) is 11.0. The van der Waals surface area contributed by atoms with Gasteiger partial charge in [-0.05, 0) is 89.8 Å². The number of alkyl carbamates (subject to hydrolysis) is 1. The van der Waals surface area contributed by atoms with Gasteiger partial charge in [0.1, 0.15) is 23.7 Å². The summed E-state index contributed by atoms with van der Waals surface area (Å²) in [6, 6.07) is 30.3. The molecular weight excluding hydrogens is 765 g/mol. The van der Waals surface area contributed by atoms with Crippen LogP contribution < -0.4 is 5.32 Å². The number of fused-ring (bicyclic) bond motifs is 1. The van der Waals surface area contributed by atoms with Gasteiger partial charge in [-0.25, -0.2) is 14.8 Å². The number of methoxy groups -OCH3 is 1. The number of H-pyrrole nitrogens is 2. The molecule has 8 rings (SSSR count). The normalized spacial score (nSPS) is 17.6. The fourth-order valence-corrected chi connectivity index (χ4v) is 9.14. The Morgan fingerprint density at radius 1 is 0.721 bits per heavy atom. The van der Waals surface area contributed by atoms with E-state index in [1.807, 2.05) is 54.2 Å². The first-order valence-electron chi connectivity index (χ1n) is 21.7. The molecule has 2 fully saturated rings. The first-order chi connectivity index (χ1) is 29.7. The lowest BCUT2D eigenvalue weighted by molar-refractivity contribution is -0.138. The van der Waals surface area contributed by atoms with Crippen molar-refractivity contribution in [2.75, 3.05) is 33.3 Å². The number of aromatic amines is 2. The van der Waals surface area contributed by atoms with E-state index in [2.05, 4.69) is 107 Å². The molecule has 0 saturated carbocycles. The SMILES string of the molecule is CCN(CC)C(C(=O)N1CCCC1c1ncc(-c2ccc(-c3ccc4cc(-c5cnc(C6CCCN6C(=O)[C@@H](NC(=O)OC)C(C)C)[nH]5)ccc4c3)cc2)[nH]1)c1ccccc1. The van der Waals surface area contributed by atoms with Crippen molar-refractivity contribution in [1.29, 1.82) is 0 Å². The molecule has 3 N–H and O–H groups in total. The number of hydrogen-bond donors (Lipinski definition) is 3. The summed E-state index contributed by atoms with van der Waals surface area (Å²) in [7, 11) is 1.30. The lowest BCUT2D eigenvalue weighted by atomic mass is 9.98. The summed E-state index contributed by atoms with van der Waals surface area (Å²) in [5, 5.41) is 4.95. The molecule has 3 amide bonds. The highest BCUT2D eigenvalue weighted by Gasteiger charge is 2.39. The molecule has 0 aliphatic carbocycles. The second kappa shape index (κ2) is 18.1. The molecule has 4 atom stereocenters. The van der Waals surface area contributed by atoms with Crippen LogP contribution in [0.2, 0.25) is 0 Å². The summed E-state index contributed by atoms with van der Waals surface area (Å²) in [6.07, 6.45) is 6.58. The Bertz CT molecular complexity index is 2470. The fraction of sp³-hybridized carbons (Fsp3) is 0.367. The lowest BCUT2D eigenvalue weighted by Gasteiger charge is -2.34. The average molecular weight is 821 g/mol. The number of likely N-dealkylation sites (tertiary alicyclic amines) is 2. The number of amides is 3. The van der Waals surface area contributed by atoms with E-state index in [0.29, 0.717) is 6.54 Å². The van der Waals surface area contributed by atoms with Crippen LogP contribution in [0, 0.1) is 5.92 Å². The van der Waals surface area contributed by atoms with Crippen molar-refractivity contribution < 1.29 is 19.1 Å². The van der Waals surface area contributed by atoms with Crippen LogP contribution in [0.15, 0.2) is 103 Å². The number of likely N-dealkylation sites (N-methyl/N-ethyl adjacent to an activating group) is 1. The maximum Gasteiger partial charge on any atom is 0.407 e. The molecule has 2 aromatic heterocycles. The number of ether oxygens (including phenoxy) is 1. The van der Waals surface area contributed by atoms with Crippen molar-refractivity contribution in [1.82, 2.24) is 40.0 Å².